The molecule has 2 heterocycles. The number of anilines is 2. The summed E-state index contributed by atoms with van der Waals surface area (Å²) in [7, 11) is 0. The summed E-state index contributed by atoms with van der Waals surface area (Å²) >= 11 is 2.03. The summed E-state index contributed by atoms with van der Waals surface area (Å²) in [6.07, 6.45) is 3.01. The molecule has 0 aliphatic carbocycles. The molecule has 0 radical (unpaired) electrons. The zero-order valence-corrected chi connectivity index (χ0v) is 9.89. The maximum absolute atomic E-state index is 5.76. The average Bonchev–Trinajstić information content (AvgIpc) is 2.50. The van der Waals surface area contributed by atoms with Gasteiger partial charge in [0.25, 0.3) is 0 Å². The number of nitrogens with zero attached hydrogens (tertiary/aromatic N) is 2. The Morgan fingerprint density at radius 3 is 3.07 bits per heavy atom. The first kappa shape index (κ1) is 10.6. The highest BCUT2D eigenvalue weighted by Gasteiger charge is 2.11. The molecule has 1 aliphatic rings. The third-order valence-electron chi connectivity index (χ3n) is 2.68. The average molecular weight is 223 g/mol. The van der Waals surface area contributed by atoms with Crippen LogP contribution in [-0.2, 0) is 0 Å². The molecule has 0 unspecified atom stereocenters. The van der Waals surface area contributed by atoms with Crippen LogP contribution in [0.5, 0.6) is 0 Å². The van der Waals surface area contributed by atoms with Gasteiger partial charge >= 0.3 is 0 Å². The fraction of sp³-hybridized carbons (Fsp3) is 0.545. The Morgan fingerprint density at radius 1 is 1.40 bits per heavy atom. The standard InChI is InChI=1S/C11H17N3S/c1-9-7-11(13-8-10(9)12)14-3-2-5-15-6-4-14/h7-8H,2-6,12H2,1H3. The van der Waals surface area contributed by atoms with Crippen LogP contribution in [0.15, 0.2) is 12.3 Å². The summed E-state index contributed by atoms with van der Waals surface area (Å²) in [5.74, 6) is 3.54. The highest BCUT2D eigenvalue weighted by Crippen LogP contribution is 2.20. The van der Waals surface area contributed by atoms with Crippen molar-refractivity contribution in [3.63, 3.8) is 0 Å². The van der Waals surface area contributed by atoms with E-state index in [2.05, 4.69) is 16.0 Å². The van der Waals surface area contributed by atoms with Gasteiger partial charge in [0.15, 0.2) is 0 Å². The Balaban J connectivity index is 2.16. The number of hydrogen-bond donors (Lipinski definition) is 1. The van der Waals surface area contributed by atoms with Crippen LogP contribution >= 0.6 is 11.8 Å². The van der Waals surface area contributed by atoms with E-state index >= 15 is 0 Å². The molecule has 1 fully saturated rings. The van der Waals surface area contributed by atoms with Gasteiger partial charge in [-0.25, -0.2) is 4.98 Å². The molecule has 0 bridgehead atoms. The number of rotatable bonds is 1. The lowest BCUT2D eigenvalue weighted by molar-refractivity contribution is 0.801. The van der Waals surface area contributed by atoms with Gasteiger partial charge < -0.3 is 10.6 Å². The van der Waals surface area contributed by atoms with Crippen LogP contribution in [0.3, 0.4) is 0 Å². The van der Waals surface area contributed by atoms with E-state index in [1.165, 1.54) is 17.9 Å². The lowest BCUT2D eigenvalue weighted by Crippen LogP contribution is -2.26. The summed E-state index contributed by atoms with van der Waals surface area (Å²) in [6.45, 7) is 4.25. The minimum atomic E-state index is 0.781. The molecule has 1 aliphatic heterocycles. The normalized spacial score (nSPS) is 17.5. The number of hydrogen-bond acceptors (Lipinski definition) is 4. The highest BCUT2D eigenvalue weighted by atomic mass is 32.2. The zero-order valence-electron chi connectivity index (χ0n) is 9.07. The van der Waals surface area contributed by atoms with Crippen molar-refractivity contribution in [2.75, 3.05) is 35.2 Å². The van der Waals surface area contributed by atoms with Crippen molar-refractivity contribution in [1.82, 2.24) is 4.98 Å². The second-order valence-electron chi connectivity index (χ2n) is 3.85. The number of pyridine rings is 1. The minimum absolute atomic E-state index is 0.781. The number of aromatic nitrogens is 1. The zero-order chi connectivity index (χ0) is 10.7. The first-order valence-electron chi connectivity index (χ1n) is 5.32. The largest absolute Gasteiger partial charge is 0.397 e. The van der Waals surface area contributed by atoms with Crippen molar-refractivity contribution in [1.29, 1.82) is 0 Å². The van der Waals surface area contributed by atoms with E-state index in [0.29, 0.717) is 0 Å². The van der Waals surface area contributed by atoms with E-state index < -0.39 is 0 Å². The van der Waals surface area contributed by atoms with Gasteiger partial charge in [0, 0.05) is 18.8 Å². The predicted molar refractivity (Wildman–Crippen MR) is 67.5 cm³/mol. The number of thioether (sulfide) groups is 1. The molecule has 1 saturated heterocycles. The summed E-state index contributed by atoms with van der Waals surface area (Å²) in [6, 6.07) is 2.09. The fourth-order valence-electron chi connectivity index (χ4n) is 1.70. The van der Waals surface area contributed by atoms with Crippen LogP contribution in [0, 0.1) is 6.92 Å². The summed E-state index contributed by atoms with van der Waals surface area (Å²) in [5, 5.41) is 0. The first-order valence-corrected chi connectivity index (χ1v) is 6.47. The Labute approximate surface area is 95.1 Å². The summed E-state index contributed by atoms with van der Waals surface area (Å²) in [5.41, 5.74) is 7.67. The van der Waals surface area contributed by atoms with Gasteiger partial charge in [0.05, 0.1) is 11.9 Å². The monoisotopic (exact) mass is 223 g/mol. The van der Waals surface area contributed by atoms with Gasteiger partial charge in [0.2, 0.25) is 0 Å². The van der Waals surface area contributed by atoms with Gasteiger partial charge in [-0.3, -0.25) is 0 Å². The van der Waals surface area contributed by atoms with Crippen molar-refractivity contribution in [3.8, 4) is 0 Å². The van der Waals surface area contributed by atoms with Crippen molar-refractivity contribution < 1.29 is 0 Å². The Kier molecular flexibility index (Phi) is 3.36. The second-order valence-corrected chi connectivity index (χ2v) is 5.08. The number of nitrogens with two attached hydrogens (primary N) is 1. The molecule has 15 heavy (non-hydrogen) atoms. The molecule has 3 nitrogen and oxygen atoms in total. The number of nitrogen functional groups attached to an aromatic ring is 1. The number of aryl methyl sites for hydroxylation is 1. The van der Waals surface area contributed by atoms with Crippen LogP contribution in [-0.4, -0.2) is 29.6 Å². The third-order valence-corrected chi connectivity index (χ3v) is 3.73. The molecular weight excluding hydrogens is 206 g/mol. The molecule has 82 valence electrons. The van der Waals surface area contributed by atoms with Gasteiger partial charge in [-0.1, -0.05) is 0 Å². The maximum atomic E-state index is 5.76. The predicted octanol–water partition coefficient (Wildman–Crippen LogP) is 1.92. The molecular formula is C11H17N3S. The molecule has 0 spiro atoms. The van der Waals surface area contributed by atoms with Crippen LogP contribution in [0.2, 0.25) is 0 Å². The van der Waals surface area contributed by atoms with Crippen molar-refractivity contribution >= 4 is 23.3 Å². The maximum Gasteiger partial charge on any atom is 0.128 e. The second kappa shape index (κ2) is 4.75. The van der Waals surface area contributed by atoms with E-state index in [0.717, 1.165) is 30.2 Å². The molecule has 0 aromatic carbocycles. The van der Waals surface area contributed by atoms with E-state index in [1.807, 2.05) is 18.7 Å². The SMILES string of the molecule is Cc1cc(N2CCCSCC2)ncc1N. The molecule has 0 atom stereocenters. The molecule has 2 rings (SSSR count). The van der Waals surface area contributed by atoms with Crippen molar-refractivity contribution in [2.45, 2.75) is 13.3 Å². The van der Waals surface area contributed by atoms with Crippen LogP contribution in [0.25, 0.3) is 0 Å². The Morgan fingerprint density at radius 2 is 2.27 bits per heavy atom. The molecule has 1 aromatic rings. The van der Waals surface area contributed by atoms with Gasteiger partial charge in [0.1, 0.15) is 5.82 Å². The third kappa shape index (κ3) is 2.56. The molecule has 0 amide bonds. The highest BCUT2D eigenvalue weighted by molar-refractivity contribution is 7.99. The topological polar surface area (TPSA) is 42.2 Å². The van der Waals surface area contributed by atoms with Crippen LogP contribution < -0.4 is 10.6 Å². The molecule has 2 N–H and O–H groups in total. The van der Waals surface area contributed by atoms with Crippen molar-refractivity contribution in [2.24, 2.45) is 0 Å². The van der Waals surface area contributed by atoms with Crippen molar-refractivity contribution in [3.05, 3.63) is 17.8 Å². The van der Waals surface area contributed by atoms with E-state index in [-0.39, 0.29) is 0 Å². The Bertz CT molecular complexity index is 333. The smallest absolute Gasteiger partial charge is 0.128 e. The van der Waals surface area contributed by atoms with Gasteiger partial charge in [-0.15, -0.1) is 0 Å². The quantitative estimate of drug-likeness (QED) is 0.790. The lowest BCUT2D eigenvalue weighted by Gasteiger charge is -2.21. The van der Waals surface area contributed by atoms with Gasteiger partial charge in [-0.05, 0) is 30.7 Å². The fourth-order valence-corrected chi connectivity index (χ4v) is 2.59. The first-order chi connectivity index (χ1) is 7.27. The van der Waals surface area contributed by atoms with E-state index in [4.69, 9.17) is 5.73 Å². The molecule has 1 aromatic heterocycles. The summed E-state index contributed by atoms with van der Waals surface area (Å²) in [4.78, 5) is 6.75. The van der Waals surface area contributed by atoms with Gasteiger partial charge in [-0.2, -0.15) is 11.8 Å². The Hall–Kier alpha value is -0.900. The summed E-state index contributed by atoms with van der Waals surface area (Å²) < 4.78 is 0. The molecule has 4 heteroatoms. The van der Waals surface area contributed by atoms with E-state index in [9.17, 15) is 0 Å². The lowest BCUT2D eigenvalue weighted by atomic mass is 10.2. The van der Waals surface area contributed by atoms with Crippen LogP contribution in [0.1, 0.15) is 12.0 Å². The molecule has 0 saturated carbocycles. The van der Waals surface area contributed by atoms with E-state index in [1.54, 1.807) is 6.20 Å². The minimum Gasteiger partial charge on any atom is -0.397 e. The van der Waals surface area contributed by atoms with Crippen LogP contribution in [0.4, 0.5) is 11.5 Å².